The molecular formula is C15H27IN4OS. The van der Waals surface area contributed by atoms with Gasteiger partial charge in [-0.05, 0) is 12.8 Å². The van der Waals surface area contributed by atoms with Crippen molar-refractivity contribution in [3.63, 3.8) is 0 Å². The number of aromatic nitrogens is 1. The normalized spacial score (nSPS) is 18.4. The highest BCUT2D eigenvalue weighted by Gasteiger charge is 2.24. The van der Waals surface area contributed by atoms with Crippen molar-refractivity contribution in [2.24, 2.45) is 10.9 Å². The summed E-state index contributed by atoms with van der Waals surface area (Å²) in [7, 11) is 3.62. The van der Waals surface area contributed by atoms with Crippen LogP contribution in [0.15, 0.2) is 11.2 Å². The highest BCUT2D eigenvalue weighted by atomic mass is 127. The number of thiazole rings is 1. The molecule has 1 saturated heterocycles. The van der Waals surface area contributed by atoms with E-state index in [-0.39, 0.29) is 24.0 Å². The van der Waals surface area contributed by atoms with Gasteiger partial charge < -0.3 is 15.0 Å². The van der Waals surface area contributed by atoms with Crippen LogP contribution in [0.25, 0.3) is 0 Å². The molecule has 2 heterocycles. The second kappa shape index (κ2) is 10.4. The lowest BCUT2D eigenvalue weighted by atomic mass is 10.1. The quantitative estimate of drug-likeness (QED) is 0.421. The monoisotopic (exact) mass is 438 g/mol. The fourth-order valence-electron chi connectivity index (χ4n) is 2.64. The van der Waals surface area contributed by atoms with Crippen molar-refractivity contribution >= 4 is 41.3 Å². The Bertz CT molecular complexity index is 466. The molecular weight excluding hydrogens is 411 g/mol. The van der Waals surface area contributed by atoms with Crippen molar-refractivity contribution in [1.82, 2.24) is 15.2 Å². The molecule has 0 aliphatic carbocycles. The lowest BCUT2D eigenvalue weighted by Gasteiger charge is -2.21. The Balaban J connectivity index is 0.00000242. The van der Waals surface area contributed by atoms with Crippen molar-refractivity contribution in [1.29, 1.82) is 0 Å². The smallest absolute Gasteiger partial charge is 0.193 e. The SMILES string of the molecule is CCc1cnc(CCNC(=NC)N2CCC(COC)C2)s1.I. The number of halogens is 1. The highest BCUT2D eigenvalue weighted by molar-refractivity contribution is 14.0. The fraction of sp³-hybridized carbons (Fsp3) is 0.733. The molecule has 2 rings (SSSR count). The first-order valence-corrected chi connectivity index (χ1v) is 8.46. The van der Waals surface area contributed by atoms with E-state index < -0.39 is 0 Å². The summed E-state index contributed by atoms with van der Waals surface area (Å²) >= 11 is 1.81. The van der Waals surface area contributed by atoms with Crippen LogP contribution in [0.3, 0.4) is 0 Å². The molecule has 1 aromatic rings. The average molecular weight is 438 g/mol. The predicted molar refractivity (Wildman–Crippen MR) is 104 cm³/mol. The Kier molecular flexibility index (Phi) is 9.27. The summed E-state index contributed by atoms with van der Waals surface area (Å²) in [5, 5.41) is 4.65. The molecule has 1 aliphatic rings. The molecule has 1 N–H and O–H groups in total. The summed E-state index contributed by atoms with van der Waals surface area (Å²) < 4.78 is 5.25. The first-order chi connectivity index (χ1) is 10.3. The lowest BCUT2D eigenvalue weighted by molar-refractivity contribution is 0.157. The van der Waals surface area contributed by atoms with Crippen LogP contribution in [0, 0.1) is 5.92 Å². The predicted octanol–water partition coefficient (Wildman–Crippen LogP) is 2.41. The first-order valence-electron chi connectivity index (χ1n) is 7.65. The van der Waals surface area contributed by atoms with Gasteiger partial charge in [-0.25, -0.2) is 4.98 Å². The van der Waals surface area contributed by atoms with Crippen molar-refractivity contribution in [2.45, 2.75) is 26.2 Å². The van der Waals surface area contributed by atoms with Gasteiger partial charge in [0, 0.05) is 57.2 Å². The molecule has 7 heteroatoms. The van der Waals surface area contributed by atoms with Crippen LogP contribution in [0.4, 0.5) is 0 Å². The van der Waals surface area contributed by atoms with Crippen molar-refractivity contribution in [3.8, 4) is 0 Å². The van der Waals surface area contributed by atoms with Crippen LogP contribution >= 0.6 is 35.3 Å². The standard InChI is InChI=1S/C15H26N4OS.HI/c1-4-13-9-18-14(21-13)5-7-17-15(16-2)19-8-6-12(10-19)11-20-3;/h9,12H,4-8,10-11H2,1-3H3,(H,16,17);1H. The van der Waals surface area contributed by atoms with Gasteiger partial charge in [-0.15, -0.1) is 35.3 Å². The molecule has 0 saturated carbocycles. The van der Waals surface area contributed by atoms with Crippen LogP contribution in [0.5, 0.6) is 0 Å². The van der Waals surface area contributed by atoms with Crippen molar-refractivity contribution < 1.29 is 4.74 Å². The zero-order valence-corrected chi connectivity index (χ0v) is 16.8. The number of hydrogen-bond acceptors (Lipinski definition) is 4. The maximum absolute atomic E-state index is 5.25. The van der Waals surface area contributed by atoms with E-state index in [0.29, 0.717) is 5.92 Å². The number of rotatable bonds is 6. The van der Waals surface area contributed by atoms with E-state index in [1.807, 2.05) is 24.6 Å². The van der Waals surface area contributed by atoms with Crippen LogP contribution in [0.1, 0.15) is 23.2 Å². The number of aliphatic imine (C=N–C) groups is 1. The number of ether oxygens (including phenoxy) is 1. The maximum atomic E-state index is 5.25. The van der Waals surface area contributed by atoms with Gasteiger partial charge in [0.2, 0.25) is 0 Å². The summed E-state index contributed by atoms with van der Waals surface area (Å²) in [6, 6.07) is 0. The van der Waals surface area contributed by atoms with Gasteiger partial charge in [-0.1, -0.05) is 6.92 Å². The van der Waals surface area contributed by atoms with E-state index in [0.717, 1.165) is 45.0 Å². The van der Waals surface area contributed by atoms with Crippen molar-refractivity contribution in [2.75, 3.05) is 40.4 Å². The molecule has 1 unspecified atom stereocenters. The molecule has 0 amide bonds. The molecule has 1 aliphatic heterocycles. The topological polar surface area (TPSA) is 49.8 Å². The van der Waals surface area contributed by atoms with Gasteiger partial charge >= 0.3 is 0 Å². The highest BCUT2D eigenvalue weighted by Crippen LogP contribution is 2.16. The second-order valence-corrected chi connectivity index (χ2v) is 6.55. The summed E-state index contributed by atoms with van der Waals surface area (Å²) in [5.41, 5.74) is 0. The number of likely N-dealkylation sites (tertiary alicyclic amines) is 1. The number of nitrogens with zero attached hydrogens (tertiary/aromatic N) is 3. The Morgan fingerprint density at radius 1 is 1.59 bits per heavy atom. The number of hydrogen-bond donors (Lipinski definition) is 1. The number of nitrogens with one attached hydrogen (secondary N) is 1. The number of methoxy groups -OCH3 is 1. The van der Waals surface area contributed by atoms with Crippen LogP contribution < -0.4 is 5.32 Å². The molecule has 22 heavy (non-hydrogen) atoms. The zero-order valence-electron chi connectivity index (χ0n) is 13.7. The summed E-state index contributed by atoms with van der Waals surface area (Å²) in [6.07, 6.45) is 5.20. The van der Waals surface area contributed by atoms with Gasteiger partial charge in [0.05, 0.1) is 11.6 Å². The number of guanidine groups is 1. The second-order valence-electron chi connectivity index (χ2n) is 5.35. The van der Waals surface area contributed by atoms with E-state index in [1.165, 1.54) is 16.3 Å². The molecule has 0 bridgehead atoms. The van der Waals surface area contributed by atoms with Crippen LogP contribution in [-0.2, 0) is 17.6 Å². The van der Waals surface area contributed by atoms with Gasteiger partial charge in [-0.2, -0.15) is 0 Å². The fourth-order valence-corrected chi connectivity index (χ4v) is 3.50. The molecule has 0 aromatic carbocycles. The van der Waals surface area contributed by atoms with E-state index in [9.17, 15) is 0 Å². The third kappa shape index (κ3) is 5.66. The Hall–Kier alpha value is -0.410. The third-order valence-electron chi connectivity index (χ3n) is 3.77. The minimum atomic E-state index is 0. The Morgan fingerprint density at radius 2 is 2.41 bits per heavy atom. The Morgan fingerprint density at radius 3 is 3.05 bits per heavy atom. The lowest BCUT2D eigenvalue weighted by Crippen LogP contribution is -2.41. The van der Waals surface area contributed by atoms with Gasteiger partial charge in [0.1, 0.15) is 0 Å². The van der Waals surface area contributed by atoms with E-state index in [4.69, 9.17) is 4.74 Å². The largest absolute Gasteiger partial charge is 0.384 e. The molecule has 126 valence electrons. The first kappa shape index (κ1) is 19.6. The van der Waals surface area contributed by atoms with Gasteiger partial charge in [-0.3, -0.25) is 4.99 Å². The summed E-state index contributed by atoms with van der Waals surface area (Å²) in [6.45, 7) is 5.98. The van der Waals surface area contributed by atoms with E-state index >= 15 is 0 Å². The van der Waals surface area contributed by atoms with Gasteiger partial charge in [0.25, 0.3) is 0 Å². The molecule has 1 atom stereocenters. The minimum Gasteiger partial charge on any atom is -0.384 e. The molecule has 0 radical (unpaired) electrons. The average Bonchev–Trinajstić information content (AvgIpc) is 3.13. The van der Waals surface area contributed by atoms with Crippen molar-refractivity contribution in [3.05, 3.63) is 16.1 Å². The van der Waals surface area contributed by atoms with E-state index in [1.54, 1.807) is 7.11 Å². The summed E-state index contributed by atoms with van der Waals surface area (Å²) in [4.78, 5) is 12.5. The maximum Gasteiger partial charge on any atom is 0.193 e. The zero-order chi connectivity index (χ0) is 15.1. The van der Waals surface area contributed by atoms with E-state index in [2.05, 4.69) is 27.1 Å². The van der Waals surface area contributed by atoms with Gasteiger partial charge in [0.15, 0.2) is 5.96 Å². The third-order valence-corrected chi connectivity index (χ3v) is 4.97. The molecule has 0 spiro atoms. The van der Waals surface area contributed by atoms with Crippen LogP contribution in [-0.4, -0.2) is 56.2 Å². The minimum absolute atomic E-state index is 0. The Labute approximate surface area is 154 Å². The van der Waals surface area contributed by atoms with Crippen LogP contribution in [0.2, 0.25) is 0 Å². The molecule has 1 fully saturated rings. The summed E-state index contributed by atoms with van der Waals surface area (Å²) in [5.74, 6) is 1.63. The molecule has 1 aromatic heterocycles. The molecule has 5 nitrogen and oxygen atoms in total. The number of aryl methyl sites for hydroxylation is 1.